The molecule has 1 fully saturated rings. The molecule has 0 saturated carbocycles. The summed E-state index contributed by atoms with van der Waals surface area (Å²) in [4.78, 5) is 27.9. The third-order valence-electron chi connectivity index (χ3n) is 3.13. The summed E-state index contributed by atoms with van der Waals surface area (Å²) in [5.74, 6) is 0. The minimum atomic E-state index is -0.784. The zero-order chi connectivity index (χ0) is 14.0. The highest BCUT2D eigenvalue weighted by atomic mass is 79.9. The molecule has 0 aliphatic carbocycles. The molecule has 2 rings (SSSR count). The van der Waals surface area contributed by atoms with E-state index in [0.717, 1.165) is 16.4 Å². The van der Waals surface area contributed by atoms with Crippen molar-refractivity contribution in [1.29, 1.82) is 0 Å². The number of hydrogen-bond acceptors (Lipinski definition) is 5. The molecule has 2 heterocycles. The van der Waals surface area contributed by atoms with Crippen LogP contribution in [0.1, 0.15) is 23.7 Å². The van der Waals surface area contributed by atoms with Crippen LogP contribution in [0.4, 0.5) is 10.5 Å². The Morgan fingerprint density at radius 3 is 3.00 bits per heavy atom. The molecule has 102 valence electrons. The SMILES string of the molecule is C[C@]1(OC(N)=O)CCN(c2c(Br)cncc2C=O)C1. The van der Waals surface area contributed by atoms with E-state index in [1.54, 1.807) is 6.20 Å². The molecule has 6 nitrogen and oxygen atoms in total. The van der Waals surface area contributed by atoms with Gasteiger partial charge in [-0.25, -0.2) is 4.79 Å². The Hall–Kier alpha value is -1.63. The number of pyridine rings is 1. The number of primary amides is 1. The van der Waals surface area contributed by atoms with Crippen molar-refractivity contribution in [2.75, 3.05) is 18.0 Å². The van der Waals surface area contributed by atoms with E-state index in [0.29, 0.717) is 25.1 Å². The Balaban J connectivity index is 2.26. The van der Waals surface area contributed by atoms with Gasteiger partial charge in [-0.05, 0) is 22.9 Å². The van der Waals surface area contributed by atoms with Crippen LogP contribution in [-0.2, 0) is 4.74 Å². The van der Waals surface area contributed by atoms with E-state index in [1.165, 1.54) is 6.20 Å². The van der Waals surface area contributed by atoms with Crippen molar-refractivity contribution in [3.63, 3.8) is 0 Å². The summed E-state index contributed by atoms with van der Waals surface area (Å²) in [5.41, 5.74) is 5.71. The lowest BCUT2D eigenvalue weighted by atomic mass is 10.1. The predicted octanol–water partition coefficient (Wildman–Crippen LogP) is 1.72. The molecular weight excluding hydrogens is 314 g/mol. The summed E-state index contributed by atoms with van der Waals surface area (Å²) in [6.07, 6.45) is 3.78. The van der Waals surface area contributed by atoms with Crippen molar-refractivity contribution >= 4 is 34.0 Å². The number of nitrogens with zero attached hydrogens (tertiary/aromatic N) is 2. The average molecular weight is 328 g/mol. The number of carbonyl (C=O) groups excluding carboxylic acids is 2. The minimum Gasteiger partial charge on any atom is -0.441 e. The molecule has 1 aromatic heterocycles. The molecule has 2 N–H and O–H groups in total. The maximum absolute atomic E-state index is 11.1. The lowest BCUT2D eigenvalue weighted by Gasteiger charge is -2.26. The van der Waals surface area contributed by atoms with Crippen molar-refractivity contribution in [1.82, 2.24) is 4.98 Å². The minimum absolute atomic E-state index is 0.486. The van der Waals surface area contributed by atoms with Gasteiger partial charge in [0, 0.05) is 25.4 Å². The maximum atomic E-state index is 11.1. The summed E-state index contributed by atoms with van der Waals surface area (Å²) >= 11 is 3.39. The molecule has 1 aromatic rings. The normalized spacial score (nSPS) is 22.3. The molecule has 1 amide bonds. The van der Waals surface area contributed by atoms with Crippen LogP contribution in [-0.4, -0.2) is 36.1 Å². The molecule has 0 aromatic carbocycles. The van der Waals surface area contributed by atoms with Crippen LogP contribution in [0.3, 0.4) is 0 Å². The second-order valence-electron chi connectivity index (χ2n) is 4.72. The van der Waals surface area contributed by atoms with Crippen LogP contribution in [0.15, 0.2) is 16.9 Å². The fourth-order valence-corrected chi connectivity index (χ4v) is 2.91. The van der Waals surface area contributed by atoms with E-state index in [9.17, 15) is 9.59 Å². The Bertz CT molecular complexity index is 523. The van der Waals surface area contributed by atoms with E-state index in [1.807, 2.05) is 11.8 Å². The Morgan fingerprint density at radius 1 is 1.63 bits per heavy atom. The monoisotopic (exact) mass is 327 g/mol. The van der Waals surface area contributed by atoms with Crippen molar-refractivity contribution in [3.8, 4) is 0 Å². The zero-order valence-electron chi connectivity index (χ0n) is 10.4. The number of rotatable bonds is 3. The quantitative estimate of drug-likeness (QED) is 0.854. The van der Waals surface area contributed by atoms with E-state index in [-0.39, 0.29) is 0 Å². The highest BCUT2D eigenvalue weighted by molar-refractivity contribution is 9.10. The highest BCUT2D eigenvalue weighted by Crippen LogP contribution is 2.35. The number of hydrogen-bond donors (Lipinski definition) is 1. The van der Waals surface area contributed by atoms with Crippen molar-refractivity contribution in [3.05, 3.63) is 22.4 Å². The molecule has 7 heteroatoms. The summed E-state index contributed by atoms with van der Waals surface area (Å²) in [6, 6.07) is 0. The smallest absolute Gasteiger partial charge is 0.405 e. The van der Waals surface area contributed by atoms with E-state index in [4.69, 9.17) is 10.5 Å². The number of carbonyl (C=O) groups is 2. The van der Waals surface area contributed by atoms with Gasteiger partial charge in [-0.3, -0.25) is 9.78 Å². The highest BCUT2D eigenvalue weighted by Gasteiger charge is 2.38. The summed E-state index contributed by atoms with van der Waals surface area (Å²) < 4.78 is 5.88. The van der Waals surface area contributed by atoms with Crippen molar-refractivity contribution in [2.45, 2.75) is 18.9 Å². The van der Waals surface area contributed by atoms with Crippen LogP contribution in [0, 0.1) is 0 Å². The molecule has 0 unspecified atom stereocenters. The van der Waals surface area contributed by atoms with Crippen LogP contribution >= 0.6 is 15.9 Å². The van der Waals surface area contributed by atoms with Gasteiger partial charge in [0.2, 0.25) is 0 Å². The van der Waals surface area contributed by atoms with Crippen LogP contribution in [0.5, 0.6) is 0 Å². The van der Waals surface area contributed by atoms with Crippen molar-refractivity contribution < 1.29 is 14.3 Å². The second-order valence-corrected chi connectivity index (χ2v) is 5.57. The lowest BCUT2D eigenvalue weighted by molar-refractivity contribution is 0.0480. The largest absolute Gasteiger partial charge is 0.441 e. The van der Waals surface area contributed by atoms with E-state index < -0.39 is 11.7 Å². The first kappa shape index (κ1) is 13.8. The number of amides is 1. The first-order valence-corrected chi connectivity index (χ1v) is 6.56. The maximum Gasteiger partial charge on any atom is 0.405 e. The third-order valence-corrected chi connectivity index (χ3v) is 3.71. The molecule has 0 bridgehead atoms. The van der Waals surface area contributed by atoms with Crippen LogP contribution in [0.25, 0.3) is 0 Å². The van der Waals surface area contributed by atoms with E-state index >= 15 is 0 Å². The lowest BCUT2D eigenvalue weighted by Crippen LogP contribution is -2.37. The second kappa shape index (κ2) is 5.16. The molecule has 1 aliphatic rings. The number of aldehydes is 1. The number of ether oxygens (including phenoxy) is 1. The molecule has 1 aliphatic heterocycles. The number of aromatic nitrogens is 1. The van der Waals surface area contributed by atoms with Crippen LogP contribution < -0.4 is 10.6 Å². The van der Waals surface area contributed by atoms with Gasteiger partial charge >= 0.3 is 6.09 Å². The number of halogens is 1. The molecule has 0 radical (unpaired) electrons. The first-order valence-electron chi connectivity index (χ1n) is 5.77. The first-order chi connectivity index (χ1) is 8.95. The van der Waals surface area contributed by atoms with Gasteiger partial charge in [-0.2, -0.15) is 0 Å². The van der Waals surface area contributed by atoms with Gasteiger partial charge in [0.15, 0.2) is 6.29 Å². The summed E-state index contributed by atoms with van der Waals surface area (Å²) in [6.45, 7) is 2.99. The Morgan fingerprint density at radius 2 is 2.37 bits per heavy atom. The molecule has 1 saturated heterocycles. The van der Waals surface area contributed by atoms with Crippen molar-refractivity contribution in [2.24, 2.45) is 5.73 Å². The molecule has 1 atom stereocenters. The van der Waals surface area contributed by atoms with Gasteiger partial charge in [0.25, 0.3) is 0 Å². The molecule has 19 heavy (non-hydrogen) atoms. The fourth-order valence-electron chi connectivity index (χ4n) is 2.31. The molecule has 0 spiro atoms. The summed E-state index contributed by atoms with van der Waals surface area (Å²) in [5, 5.41) is 0. The topological polar surface area (TPSA) is 85.5 Å². The predicted molar refractivity (Wildman–Crippen MR) is 73.2 cm³/mol. The van der Waals surface area contributed by atoms with Gasteiger partial charge < -0.3 is 15.4 Å². The van der Waals surface area contributed by atoms with Gasteiger partial charge in [-0.1, -0.05) is 0 Å². The Labute approximate surface area is 119 Å². The zero-order valence-corrected chi connectivity index (χ0v) is 12.0. The Kier molecular flexibility index (Phi) is 3.75. The number of nitrogens with two attached hydrogens (primary N) is 1. The fraction of sp³-hybridized carbons (Fsp3) is 0.417. The number of anilines is 1. The van der Waals surface area contributed by atoms with Gasteiger partial charge in [0.1, 0.15) is 5.60 Å². The van der Waals surface area contributed by atoms with Gasteiger partial charge in [0.05, 0.1) is 22.3 Å². The van der Waals surface area contributed by atoms with E-state index in [2.05, 4.69) is 20.9 Å². The van der Waals surface area contributed by atoms with Gasteiger partial charge in [-0.15, -0.1) is 0 Å². The van der Waals surface area contributed by atoms with Crippen LogP contribution in [0.2, 0.25) is 0 Å². The summed E-state index contributed by atoms with van der Waals surface area (Å²) in [7, 11) is 0. The standard InChI is InChI=1S/C12H14BrN3O3/c1-12(19-11(14)18)2-3-16(7-12)10-8(6-17)4-15-5-9(10)13/h4-6H,2-3,7H2,1H3,(H2,14,18)/t12-/m0/s1. The molecular formula is C12H14BrN3O3. The average Bonchev–Trinajstić information content (AvgIpc) is 2.69. The third kappa shape index (κ3) is 2.86.